The summed E-state index contributed by atoms with van der Waals surface area (Å²) in [7, 11) is 0. The molecule has 0 unspecified atom stereocenters. The number of nitrogens with one attached hydrogen (secondary N) is 1. The summed E-state index contributed by atoms with van der Waals surface area (Å²) < 4.78 is 11.4. The summed E-state index contributed by atoms with van der Waals surface area (Å²) in [5.41, 5.74) is 0.208. The van der Waals surface area contributed by atoms with E-state index >= 15 is 0 Å². The van der Waals surface area contributed by atoms with Crippen molar-refractivity contribution < 1.29 is 14.6 Å². The van der Waals surface area contributed by atoms with E-state index in [1.54, 1.807) is 13.8 Å². The molecule has 0 aliphatic rings. The average Bonchev–Trinajstić information content (AvgIpc) is 2.40. The predicted octanol–water partition coefficient (Wildman–Crippen LogP) is 3.12. The molecule has 1 aromatic carbocycles. The molecular weight excluding hydrogens is 266 g/mol. The maximum atomic E-state index is 9.83. The normalized spacial score (nSPS) is 11.8. The highest BCUT2D eigenvalue weighted by atomic mass is 16.5. The molecule has 0 aliphatic heterocycles. The van der Waals surface area contributed by atoms with Crippen LogP contribution < -0.4 is 14.8 Å². The van der Waals surface area contributed by atoms with Crippen LogP contribution in [0.5, 0.6) is 11.5 Å². The molecule has 0 atom stereocenters. The molecule has 0 spiro atoms. The molecule has 120 valence electrons. The highest BCUT2D eigenvalue weighted by Crippen LogP contribution is 2.26. The second-order valence-corrected chi connectivity index (χ2v) is 6.25. The molecule has 0 aromatic heterocycles. The van der Waals surface area contributed by atoms with Gasteiger partial charge >= 0.3 is 0 Å². The number of aliphatic hydroxyl groups is 1. The first kappa shape index (κ1) is 17.8. The summed E-state index contributed by atoms with van der Waals surface area (Å²) in [6.45, 7) is 11.4. The fourth-order valence-electron chi connectivity index (χ4n) is 1.69. The molecule has 0 saturated heterocycles. The number of hydrogen-bond donors (Lipinski definition) is 2. The summed E-state index contributed by atoms with van der Waals surface area (Å²) in [6, 6.07) is 6.28. The van der Waals surface area contributed by atoms with E-state index < -0.39 is 5.60 Å². The standard InChI is InChI=1S/C17H29NO3/c1-6-9-20-15-8-7-14(11-18-13(2)3)16(10-15)21-12-17(4,5)19/h7-8,10,13,18-19H,6,9,11-12H2,1-5H3. The third-order valence-corrected chi connectivity index (χ3v) is 2.79. The maximum Gasteiger partial charge on any atom is 0.127 e. The van der Waals surface area contributed by atoms with Crippen LogP contribution in [0.15, 0.2) is 18.2 Å². The van der Waals surface area contributed by atoms with Gasteiger partial charge in [0.05, 0.1) is 12.2 Å². The van der Waals surface area contributed by atoms with Crippen molar-refractivity contribution in [1.29, 1.82) is 0 Å². The van der Waals surface area contributed by atoms with Crippen molar-refractivity contribution >= 4 is 0 Å². The molecule has 21 heavy (non-hydrogen) atoms. The van der Waals surface area contributed by atoms with E-state index in [1.807, 2.05) is 18.2 Å². The smallest absolute Gasteiger partial charge is 0.127 e. The number of ether oxygens (including phenoxy) is 2. The summed E-state index contributed by atoms with van der Waals surface area (Å²) in [5, 5.41) is 13.2. The van der Waals surface area contributed by atoms with Gasteiger partial charge in [-0.2, -0.15) is 0 Å². The minimum absolute atomic E-state index is 0.249. The first-order valence-electron chi connectivity index (χ1n) is 7.66. The van der Waals surface area contributed by atoms with Crippen molar-refractivity contribution in [3.05, 3.63) is 23.8 Å². The van der Waals surface area contributed by atoms with Gasteiger partial charge in [-0.1, -0.05) is 26.8 Å². The molecule has 0 fully saturated rings. The van der Waals surface area contributed by atoms with Gasteiger partial charge in [0.15, 0.2) is 0 Å². The van der Waals surface area contributed by atoms with E-state index in [9.17, 15) is 5.11 Å². The molecule has 1 rings (SSSR count). The van der Waals surface area contributed by atoms with Gasteiger partial charge in [-0.15, -0.1) is 0 Å². The van der Waals surface area contributed by atoms with Crippen LogP contribution >= 0.6 is 0 Å². The van der Waals surface area contributed by atoms with Crippen LogP contribution in [-0.4, -0.2) is 30.0 Å². The molecular formula is C17H29NO3. The van der Waals surface area contributed by atoms with Crippen LogP contribution in [-0.2, 0) is 6.54 Å². The van der Waals surface area contributed by atoms with E-state index in [-0.39, 0.29) is 6.61 Å². The van der Waals surface area contributed by atoms with Crippen molar-refractivity contribution in [2.24, 2.45) is 0 Å². The minimum Gasteiger partial charge on any atom is -0.493 e. The van der Waals surface area contributed by atoms with Crippen LogP contribution in [0.1, 0.15) is 46.6 Å². The zero-order valence-electron chi connectivity index (χ0n) is 13.9. The van der Waals surface area contributed by atoms with E-state index in [2.05, 4.69) is 26.1 Å². The zero-order chi connectivity index (χ0) is 15.9. The highest BCUT2D eigenvalue weighted by Gasteiger charge is 2.15. The van der Waals surface area contributed by atoms with Crippen LogP contribution in [0, 0.1) is 0 Å². The molecule has 0 aliphatic carbocycles. The Kier molecular flexibility index (Phi) is 6.99. The highest BCUT2D eigenvalue weighted by molar-refractivity contribution is 5.40. The Morgan fingerprint density at radius 3 is 2.52 bits per heavy atom. The Morgan fingerprint density at radius 1 is 1.24 bits per heavy atom. The van der Waals surface area contributed by atoms with Crippen LogP contribution in [0.2, 0.25) is 0 Å². The third kappa shape index (κ3) is 7.34. The van der Waals surface area contributed by atoms with Gasteiger partial charge in [-0.05, 0) is 26.3 Å². The van der Waals surface area contributed by atoms with Gasteiger partial charge in [0.1, 0.15) is 18.1 Å². The summed E-state index contributed by atoms with van der Waals surface area (Å²) in [5.74, 6) is 1.56. The molecule has 0 amide bonds. The Hall–Kier alpha value is -1.26. The van der Waals surface area contributed by atoms with Crippen molar-refractivity contribution in [3.8, 4) is 11.5 Å². The van der Waals surface area contributed by atoms with Gasteiger partial charge in [-0.25, -0.2) is 0 Å². The van der Waals surface area contributed by atoms with E-state index in [1.165, 1.54) is 0 Å². The van der Waals surface area contributed by atoms with Gasteiger partial charge in [-0.3, -0.25) is 0 Å². The molecule has 1 aromatic rings. The number of rotatable bonds is 9. The molecule has 0 radical (unpaired) electrons. The minimum atomic E-state index is -0.858. The maximum absolute atomic E-state index is 9.83. The fraction of sp³-hybridized carbons (Fsp3) is 0.647. The Bertz CT molecular complexity index is 425. The Morgan fingerprint density at radius 2 is 1.95 bits per heavy atom. The van der Waals surface area contributed by atoms with Gasteiger partial charge in [0.2, 0.25) is 0 Å². The van der Waals surface area contributed by atoms with Gasteiger partial charge < -0.3 is 19.9 Å². The van der Waals surface area contributed by atoms with Crippen LogP contribution in [0.4, 0.5) is 0 Å². The SMILES string of the molecule is CCCOc1ccc(CNC(C)C)c(OCC(C)(C)O)c1. The monoisotopic (exact) mass is 295 g/mol. The van der Waals surface area contributed by atoms with Crippen LogP contribution in [0.25, 0.3) is 0 Å². The lowest BCUT2D eigenvalue weighted by molar-refractivity contribution is 0.0280. The lowest BCUT2D eigenvalue weighted by Gasteiger charge is -2.20. The van der Waals surface area contributed by atoms with Crippen molar-refractivity contribution in [1.82, 2.24) is 5.32 Å². The van der Waals surface area contributed by atoms with Gasteiger partial charge in [0.25, 0.3) is 0 Å². The van der Waals surface area contributed by atoms with E-state index in [0.29, 0.717) is 12.6 Å². The quantitative estimate of drug-likeness (QED) is 0.735. The Labute approximate surface area is 128 Å². The zero-order valence-corrected chi connectivity index (χ0v) is 13.9. The largest absolute Gasteiger partial charge is 0.493 e. The van der Waals surface area contributed by atoms with Gasteiger partial charge in [0, 0.05) is 24.2 Å². The predicted molar refractivity (Wildman–Crippen MR) is 86.0 cm³/mol. The molecule has 4 heteroatoms. The topological polar surface area (TPSA) is 50.7 Å². The molecule has 0 heterocycles. The Balaban J connectivity index is 2.83. The third-order valence-electron chi connectivity index (χ3n) is 2.79. The molecule has 2 N–H and O–H groups in total. The van der Waals surface area contributed by atoms with Crippen molar-refractivity contribution in [2.75, 3.05) is 13.2 Å². The first-order valence-corrected chi connectivity index (χ1v) is 7.66. The summed E-state index contributed by atoms with van der Waals surface area (Å²) in [4.78, 5) is 0. The van der Waals surface area contributed by atoms with Crippen molar-refractivity contribution in [2.45, 2.75) is 59.2 Å². The molecule has 0 bridgehead atoms. The number of hydrogen-bond acceptors (Lipinski definition) is 4. The molecule has 4 nitrogen and oxygen atoms in total. The number of benzene rings is 1. The lowest BCUT2D eigenvalue weighted by atomic mass is 10.1. The average molecular weight is 295 g/mol. The summed E-state index contributed by atoms with van der Waals surface area (Å²) in [6.07, 6.45) is 0.969. The first-order chi connectivity index (χ1) is 9.81. The van der Waals surface area contributed by atoms with Crippen LogP contribution in [0.3, 0.4) is 0 Å². The van der Waals surface area contributed by atoms with Crippen molar-refractivity contribution in [3.63, 3.8) is 0 Å². The van der Waals surface area contributed by atoms with E-state index in [0.717, 1.165) is 30.0 Å². The second-order valence-electron chi connectivity index (χ2n) is 6.25. The second kappa shape index (κ2) is 8.25. The molecule has 0 saturated carbocycles. The fourth-order valence-corrected chi connectivity index (χ4v) is 1.69. The van der Waals surface area contributed by atoms with E-state index in [4.69, 9.17) is 9.47 Å². The lowest BCUT2D eigenvalue weighted by Crippen LogP contribution is -2.28. The summed E-state index contributed by atoms with van der Waals surface area (Å²) >= 11 is 0.